The van der Waals surface area contributed by atoms with Gasteiger partial charge in [0.05, 0.1) is 18.7 Å². The Morgan fingerprint density at radius 3 is 2.22 bits per heavy atom. The van der Waals surface area contributed by atoms with Gasteiger partial charge in [-0.15, -0.1) is 0 Å². The minimum atomic E-state index is -0.235. The van der Waals surface area contributed by atoms with Crippen molar-refractivity contribution in [2.75, 3.05) is 30.8 Å². The van der Waals surface area contributed by atoms with Crippen LogP contribution in [0.2, 0.25) is 0 Å². The van der Waals surface area contributed by atoms with Crippen LogP contribution in [0.4, 0.5) is 11.5 Å². The van der Waals surface area contributed by atoms with Gasteiger partial charge in [-0.05, 0) is 58.4 Å². The molecule has 2 amide bonds. The van der Waals surface area contributed by atoms with Gasteiger partial charge in [-0.3, -0.25) is 14.5 Å². The topological polar surface area (TPSA) is 90.2 Å². The first-order valence-electron chi connectivity index (χ1n) is 11.3. The molecule has 0 radical (unpaired) electrons. The number of carbonyl (C=O) groups is 2. The Bertz CT molecular complexity index is 1010. The summed E-state index contributed by atoms with van der Waals surface area (Å²) in [5, 5.41) is 15.6. The highest BCUT2D eigenvalue weighted by Crippen LogP contribution is 2.36. The molecule has 0 unspecified atom stereocenters. The minimum Gasteiger partial charge on any atom is -0.327 e. The molecule has 1 heterocycles. The van der Waals surface area contributed by atoms with Crippen LogP contribution in [0.5, 0.6) is 0 Å². The minimum absolute atomic E-state index is 0.0557. The second kappa shape index (κ2) is 10.5. The Hall–Kier alpha value is -3.11. The molecule has 1 aliphatic carbocycles. The lowest BCUT2D eigenvalue weighted by Gasteiger charge is -2.27. The van der Waals surface area contributed by atoms with Gasteiger partial charge in [-0.25, -0.2) is 0 Å². The van der Waals surface area contributed by atoms with E-state index in [9.17, 15) is 14.9 Å². The molecule has 1 fully saturated rings. The van der Waals surface area contributed by atoms with Crippen molar-refractivity contribution in [3.8, 4) is 6.07 Å². The van der Waals surface area contributed by atoms with E-state index in [4.69, 9.17) is 0 Å². The predicted molar refractivity (Wildman–Crippen MR) is 127 cm³/mol. The standard InChI is InChI=1S/C25H33N5O2/c1-17-10-12-20(13-11-17)27-23(31)15-29(4)16-24(32)28-25-22(14-26)18(2)19(3)30(25)21-8-6-5-7-9-21/h10-13,21H,5-9,15-16H2,1-4H3,(H,27,31)(H,28,32). The summed E-state index contributed by atoms with van der Waals surface area (Å²) >= 11 is 0. The number of nitriles is 1. The fourth-order valence-corrected chi connectivity index (χ4v) is 4.44. The Labute approximate surface area is 190 Å². The third-order valence-corrected chi connectivity index (χ3v) is 6.23. The zero-order valence-corrected chi connectivity index (χ0v) is 19.5. The summed E-state index contributed by atoms with van der Waals surface area (Å²) in [5.74, 6) is 0.178. The number of aryl methyl sites for hydroxylation is 1. The molecular formula is C25H33N5O2. The van der Waals surface area contributed by atoms with E-state index < -0.39 is 0 Å². The van der Waals surface area contributed by atoms with Crippen LogP contribution in [0.1, 0.15) is 60.5 Å². The third kappa shape index (κ3) is 5.57. The van der Waals surface area contributed by atoms with Gasteiger partial charge >= 0.3 is 0 Å². The van der Waals surface area contributed by atoms with Crippen molar-refractivity contribution in [1.29, 1.82) is 5.26 Å². The van der Waals surface area contributed by atoms with Crippen LogP contribution in [0, 0.1) is 32.1 Å². The van der Waals surface area contributed by atoms with Crippen LogP contribution in [-0.4, -0.2) is 41.4 Å². The predicted octanol–water partition coefficient (Wildman–Crippen LogP) is 4.30. The average molecular weight is 436 g/mol. The second-order valence-electron chi connectivity index (χ2n) is 8.84. The van der Waals surface area contributed by atoms with E-state index in [0.29, 0.717) is 17.4 Å². The summed E-state index contributed by atoms with van der Waals surface area (Å²) < 4.78 is 2.15. The smallest absolute Gasteiger partial charge is 0.239 e. The lowest BCUT2D eigenvalue weighted by Crippen LogP contribution is -2.36. The lowest BCUT2D eigenvalue weighted by molar-refractivity contribution is -0.119. The molecule has 0 saturated heterocycles. The van der Waals surface area contributed by atoms with Gasteiger partial charge in [0.2, 0.25) is 11.8 Å². The molecule has 1 aliphatic rings. The maximum absolute atomic E-state index is 12.8. The first kappa shape index (κ1) is 23.6. The van der Waals surface area contributed by atoms with Crippen molar-refractivity contribution in [3.05, 3.63) is 46.6 Å². The highest BCUT2D eigenvalue weighted by Gasteiger charge is 2.26. The number of likely N-dealkylation sites (N-methyl/N-ethyl adjacent to an activating group) is 1. The van der Waals surface area contributed by atoms with E-state index in [-0.39, 0.29) is 24.9 Å². The average Bonchev–Trinajstić information content (AvgIpc) is 2.99. The molecule has 1 saturated carbocycles. The van der Waals surface area contributed by atoms with Gasteiger partial charge in [-0.2, -0.15) is 5.26 Å². The number of hydrogen-bond donors (Lipinski definition) is 2. The van der Waals surface area contributed by atoms with Gasteiger partial charge in [0.1, 0.15) is 11.9 Å². The van der Waals surface area contributed by atoms with Gasteiger partial charge in [0.15, 0.2) is 0 Å². The summed E-state index contributed by atoms with van der Waals surface area (Å²) in [4.78, 5) is 26.8. The van der Waals surface area contributed by atoms with Crippen LogP contribution in [-0.2, 0) is 9.59 Å². The highest BCUT2D eigenvalue weighted by molar-refractivity contribution is 5.95. The van der Waals surface area contributed by atoms with E-state index in [1.807, 2.05) is 45.0 Å². The van der Waals surface area contributed by atoms with Crippen molar-refractivity contribution in [2.24, 2.45) is 0 Å². The number of aromatic nitrogens is 1. The Morgan fingerprint density at radius 1 is 1.03 bits per heavy atom. The van der Waals surface area contributed by atoms with Crippen LogP contribution < -0.4 is 10.6 Å². The number of amides is 2. The molecule has 0 spiro atoms. The molecular weight excluding hydrogens is 402 g/mol. The fourth-order valence-electron chi connectivity index (χ4n) is 4.44. The van der Waals surface area contributed by atoms with Crippen molar-refractivity contribution >= 4 is 23.3 Å². The summed E-state index contributed by atoms with van der Waals surface area (Å²) in [6.45, 7) is 6.09. The van der Waals surface area contributed by atoms with Crippen LogP contribution in [0.15, 0.2) is 24.3 Å². The van der Waals surface area contributed by atoms with E-state index in [1.54, 1.807) is 11.9 Å². The molecule has 2 aromatic rings. The van der Waals surface area contributed by atoms with Crippen LogP contribution in [0.25, 0.3) is 0 Å². The molecule has 3 rings (SSSR count). The van der Waals surface area contributed by atoms with Gasteiger partial charge in [-0.1, -0.05) is 37.0 Å². The first-order chi connectivity index (χ1) is 15.3. The molecule has 1 aromatic heterocycles. The number of rotatable bonds is 7. The molecule has 0 aliphatic heterocycles. The van der Waals surface area contributed by atoms with E-state index >= 15 is 0 Å². The zero-order chi connectivity index (χ0) is 23.3. The number of benzene rings is 1. The summed E-state index contributed by atoms with van der Waals surface area (Å²) in [7, 11) is 1.73. The quantitative estimate of drug-likeness (QED) is 0.678. The Balaban J connectivity index is 1.65. The van der Waals surface area contributed by atoms with E-state index in [1.165, 1.54) is 6.42 Å². The number of anilines is 2. The number of nitrogens with one attached hydrogen (secondary N) is 2. The Morgan fingerprint density at radius 2 is 1.62 bits per heavy atom. The monoisotopic (exact) mass is 435 g/mol. The third-order valence-electron chi connectivity index (χ3n) is 6.23. The Kier molecular flexibility index (Phi) is 7.70. The van der Waals surface area contributed by atoms with Gasteiger partial charge < -0.3 is 15.2 Å². The second-order valence-corrected chi connectivity index (χ2v) is 8.84. The summed E-state index contributed by atoms with van der Waals surface area (Å²) in [6, 6.07) is 10.2. The van der Waals surface area contributed by atoms with Crippen LogP contribution >= 0.6 is 0 Å². The normalized spacial score (nSPS) is 14.2. The van der Waals surface area contributed by atoms with E-state index in [2.05, 4.69) is 21.3 Å². The molecule has 1 aromatic carbocycles. The maximum Gasteiger partial charge on any atom is 0.239 e. The number of carbonyl (C=O) groups excluding carboxylic acids is 2. The molecule has 2 N–H and O–H groups in total. The van der Waals surface area contributed by atoms with Gasteiger partial charge in [0.25, 0.3) is 0 Å². The van der Waals surface area contributed by atoms with Crippen molar-refractivity contribution in [2.45, 2.75) is 58.9 Å². The molecule has 32 heavy (non-hydrogen) atoms. The molecule has 7 heteroatoms. The molecule has 170 valence electrons. The summed E-state index contributed by atoms with van der Waals surface area (Å²) in [5.41, 5.74) is 4.33. The molecule has 0 atom stereocenters. The fraction of sp³-hybridized carbons (Fsp3) is 0.480. The number of nitrogens with zero attached hydrogens (tertiary/aromatic N) is 3. The SMILES string of the molecule is Cc1ccc(NC(=O)CN(C)CC(=O)Nc2c(C#N)c(C)c(C)n2C2CCCCC2)cc1. The van der Waals surface area contributed by atoms with Crippen LogP contribution in [0.3, 0.4) is 0 Å². The van der Waals surface area contributed by atoms with Crippen molar-refractivity contribution in [3.63, 3.8) is 0 Å². The molecule has 7 nitrogen and oxygen atoms in total. The first-order valence-corrected chi connectivity index (χ1v) is 11.3. The number of hydrogen-bond acceptors (Lipinski definition) is 4. The molecule has 0 bridgehead atoms. The summed E-state index contributed by atoms with van der Waals surface area (Å²) in [6.07, 6.45) is 5.67. The van der Waals surface area contributed by atoms with Gasteiger partial charge in [0, 0.05) is 17.4 Å². The van der Waals surface area contributed by atoms with Crippen molar-refractivity contribution < 1.29 is 9.59 Å². The maximum atomic E-state index is 12.8. The lowest BCUT2D eigenvalue weighted by atomic mass is 9.95. The zero-order valence-electron chi connectivity index (χ0n) is 19.5. The van der Waals surface area contributed by atoms with Crippen molar-refractivity contribution in [1.82, 2.24) is 9.47 Å². The van der Waals surface area contributed by atoms with E-state index in [0.717, 1.165) is 48.2 Å². The highest BCUT2D eigenvalue weighted by atomic mass is 16.2. The largest absolute Gasteiger partial charge is 0.327 e.